The number of nitrogens with zero attached hydrogens (tertiary/aromatic N) is 1. The average Bonchev–Trinajstić information content (AvgIpc) is 1.87. The first-order chi connectivity index (χ1) is 4.57. The third-order valence-corrected chi connectivity index (χ3v) is 1.18. The second kappa shape index (κ2) is 4.19. The third-order valence-electron chi connectivity index (χ3n) is 1.18. The molecule has 0 saturated carbocycles. The van der Waals surface area contributed by atoms with E-state index >= 15 is 0 Å². The standard InChI is InChI=1S/C5H11NO4/c1-4(6(9)10)2-5(8)3-7/h4-5,7-8H,2-3H2,1H3. The zero-order valence-electron chi connectivity index (χ0n) is 5.73. The number of aliphatic hydroxyl groups is 2. The first-order valence-electron chi connectivity index (χ1n) is 3.00. The highest BCUT2D eigenvalue weighted by atomic mass is 16.6. The Morgan fingerprint density at radius 3 is 2.50 bits per heavy atom. The van der Waals surface area contributed by atoms with Crippen LogP contribution in [0.4, 0.5) is 0 Å². The molecule has 0 fully saturated rings. The Balaban J connectivity index is 3.56. The second-order valence-corrected chi connectivity index (χ2v) is 2.21. The summed E-state index contributed by atoms with van der Waals surface area (Å²) in [6, 6.07) is -0.790. The van der Waals surface area contributed by atoms with Crippen LogP contribution >= 0.6 is 0 Å². The van der Waals surface area contributed by atoms with Gasteiger partial charge in [0.05, 0.1) is 12.7 Å². The summed E-state index contributed by atoms with van der Waals surface area (Å²) in [5, 5.41) is 27.0. The topological polar surface area (TPSA) is 83.6 Å². The molecule has 0 bridgehead atoms. The van der Waals surface area contributed by atoms with E-state index in [0.717, 1.165) is 0 Å². The maximum Gasteiger partial charge on any atom is 0.212 e. The largest absolute Gasteiger partial charge is 0.394 e. The Morgan fingerprint density at radius 1 is 1.70 bits per heavy atom. The minimum atomic E-state index is -0.972. The first-order valence-corrected chi connectivity index (χ1v) is 3.00. The Hall–Kier alpha value is -0.680. The van der Waals surface area contributed by atoms with E-state index < -0.39 is 23.7 Å². The first kappa shape index (κ1) is 9.32. The maximum absolute atomic E-state index is 9.96. The Kier molecular flexibility index (Phi) is 3.90. The van der Waals surface area contributed by atoms with Gasteiger partial charge in [0.25, 0.3) is 0 Å². The highest BCUT2D eigenvalue weighted by molar-refractivity contribution is 4.57. The number of hydrogen-bond acceptors (Lipinski definition) is 4. The lowest BCUT2D eigenvalue weighted by molar-refractivity contribution is -0.520. The van der Waals surface area contributed by atoms with E-state index in [1.807, 2.05) is 0 Å². The van der Waals surface area contributed by atoms with Crippen molar-refractivity contribution in [2.75, 3.05) is 6.61 Å². The highest BCUT2D eigenvalue weighted by Crippen LogP contribution is 1.99. The molecular formula is C5H11NO4. The van der Waals surface area contributed by atoms with E-state index in [9.17, 15) is 10.1 Å². The fourth-order valence-electron chi connectivity index (χ4n) is 0.554. The number of rotatable bonds is 4. The van der Waals surface area contributed by atoms with Gasteiger partial charge in [-0.3, -0.25) is 10.1 Å². The number of nitro groups is 1. The van der Waals surface area contributed by atoms with Crippen LogP contribution in [0.1, 0.15) is 13.3 Å². The molecule has 0 rings (SSSR count). The second-order valence-electron chi connectivity index (χ2n) is 2.21. The SMILES string of the molecule is CC(CC(O)CO)[N+](=O)[O-]. The smallest absolute Gasteiger partial charge is 0.212 e. The van der Waals surface area contributed by atoms with E-state index in [0.29, 0.717) is 0 Å². The normalized spacial score (nSPS) is 16.3. The van der Waals surface area contributed by atoms with Crippen LogP contribution < -0.4 is 0 Å². The average molecular weight is 149 g/mol. The van der Waals surface area contributed by atoms with E-state index in [2.05, 4.69) is 0 Å². The molecule has 0 aliphatic carbocycles. The van der Waals surface area contributed by atoms with E-state index in [1.54, 1.807) is 0 Å². The van der Waals surface area contributed by atoms with E-state index in [-0.39, 0.29) is 6.42 Å². The highest BCUT2D eigenvalue weighted by Gasteiger charge is 2.17. The molecule has 0 aromatic heterocycles. The monoisotopic (exact) mass is 149 g/mol. The van der Waals surface area contributed by atoms with Gasteiger partial charge in [-0.2, -0.15) is 0 Å². The fraction of sp³-hybridized carbons (Fsp3) is 1.00. The number of hydrogen-bond donors (Lipinski definition) is 2. The fourth-order valence-corrected chi connectivity index (χ4v) is 0.554. The zero-order chi connectivity index (χ0) is 8.15. The zero-order valence-corrected chi connectivity index (χ0v) is 5.73. The van der Waals surface area contributed by atoms with Gasteiger partial charge in [0.2, 0.25) is 6.04 Å². The summed E-state index contributed by atoms with van der Waals surface area (Å²) in [5.74, 6) is 0. The molecule has 0 heterocycles. The van der Waals surface area contributed by atoms with Crippen molar-refractivity contribution in [1.82, 2.24) is 0 Å². The molecule has 2 unspecified atom stereocenters. The molecule has 5 nitrogen and oxygen atoms in total. The van der Waals surface area contributed by atoms with Crippen molar-refractivity contribution in [2.24, 2.45) is 0 Å². The van der Waals surface area contributed by atoms with Crippen LogP contribution in [0.2, 0.25) is 0 Å². The van der Waals surface area contributed by atoms with Gasteiger partial charge in [-0.1, -0.05) is 0 Å². The summed E-state index contributed by atoms with van der Waals surface area (Å²) in [7, 11) is 0. The molecule has 0 spiro atoms. The Labute approximate surface area is 58.4 Å². The molecule has 60 valence electrons. The molecule has 2 atom stereocenters. The van der Waals surface area contributed by atoms with Crippen molar-refractivity contribution in [3.8, 4) is 0 Å². The molecule has 0 saturated heterocycles. The molecule has 0 amide bonds. The summed E-state index contributed by atoms with van der Waals surface area (Å²) in [6.07, 6.45) is -0.968. The van der Waals surface area contributed by atoms with Gasteiger partial charge < -0.3 is 10.2 Å². The van der Waals surface area contributed by atoms with Crippen molar-refractivity contribution in [3.05, 3.63) is 10.1 Å². The van der Waals surface area contributed by atoms with Crippen LogP contribution in [-0.2, 0) is 0 Å². The molecule has 5 heteroatoms. The summed E-state index contributed by atoms with van der Waals surface area (Å²) >= 11 is 0. The molecular weight excluding hydrogens is 138 g/mol. The van der Waals surface area contributed by atoms with Crippen LogP contribution in [0.25, 0.3) is 0 Å². The third kappa shape index (κ3) is 3.37. The van der Waals surface area contributed by atoms with Crippen LogP contribution in [0.15, 0.2) is 0 Å². The molecule has 2 N–H and O–H groups in total. The van der Waals surface area contributed by atoms with Crippen molar-refractivity contribution >= 4 is 0 Å². The van der Waals surface area contributed by atoms with Crippen molar-refractivity contribution in [2.45, 2.75) is 25.5 Å². The molecule has 0 radical (unpaired) electrons. The maximum atomic E-state index is 9.96. The van der Waals surface area contributed by atoms with E-state index in [1.165, 1.54) is 6.92 Å². The van der Waals surface area contributed by atoms with Gasteiger partial charge in [0.15, 0.2) is 0 Å². The molecule has 0 aromatic rings. The van der Waals surface area contributed by atoms with Gasteiger partial charge in [-0.05, 0) is 0 Å². The van der Waals surface area contributed by atoms with E-state index in [4.69, 9.17) is 10.2 Å². The molecule has 0 aliphatic rings. The summed E-state index contributed by atoms with van der Waals surface area (Å²) in [6.45, 7) is 0.969. The lowest BCUT2D eigenvalue weighted by Gasteiger charge is -2.06. The van der Waals surface area contributed by atoms with Crippen molar-refractivity contribution in [1.29, 1.82) is 0 Å². The summed E-state index contributed by atoms with van der Waals surface area (Å²) in [5.41, 5.74) is 0. The van der Waals surface area contributed by atoms with Gasteiger partial charge in [0, 0.05) is 18.3 Å². The number of aliphatic hydroxyl groups excluding tert-OH is 2. The van der Waals surface area contributed by atoms with Gasteiger partial charge in [0.1, 0.15) is 0 Å². The predicted octanol–water partition coefficient (Wildman–Crippen LogP) is -0.605. The van der Waals surface area contributed by atoms with Gasteiger partial charge >= 0.3 is 0 Å². The predicted molar refractivity (Wildman–Crippen MR) is 34.2 cm³/mol. The quantitative estimate of drug-likeness (QED) is 0.412. The Bertz CT molecular complexity index is 116. The minimum Gasteiger partial charge on any atom is -0.394 e. The molecule has 0 aromatic carbocycles. The van der Waals surface area contributed by atoms with Gasteiger partial charge in [-0.15, -0.1) is 0 Å². The molecule has 10 heavy (non-hydrogen) atoms. The lowest BCUT2D eigenvalue weighted by Crippen LogP contribution is -2.24. The lowest BCUT2D eigenvalue weighted by atomic mass is 10.1. The Morgan fingerprint density at radius 2 is 2.20 bits per heavy atom. The van der Waals surface area contributed by atoms with Crippen molar-refractivity contribution in [3.63, 3.8) is 0 Å². The molecule has 0 aliphatic heterocycles. The van der Waals surface area contributed by atoms with Crippen LogP contribution in [0, 0.1) is 10.1 Å². The summed E-state index contributed by atoms with van der Waals surface area (Å²) in [4.78, 5) is 9.48. The van der Waals surface area contributed by atoms with Crippen LogP contribution in [0.3, 0.4) is 0 Å². The summed E-state index contributed by atoms with van der Waals surface area (Å²) < 4.78 is 0. The minimum absolute atomic E-state index is 0.00347. The van der Waals surface area contributed by atoms with Crippen LogP contribution in [0.5, 0.6) is 0 Å². The van der Waals surface area contributed by atoms with Crippen molar-refractivity contribution < 1.29 is 15.1 Å². The van der Waals surface area contributed by atoms with Gasteiger partial charge in [-0.25, -0.2) is 0 Å². The van der Waals surface area contributed by atoms with Crippen LogP contribution in [-0.4, -0.2) is 33.9 Å².